The number of halogens is 1. The summed E-state index contributed by atoms with van der Waals surface area (Å²) in [6, 6.07) is 10.5. The minimum absolute atomic E-state index is 0.168. The standard InChI is InChI=1S/C19H18FN5/c20-15-5-3-13(4-6-15)16-2-1-11-25(16)17-12-23-18(19(21)24-17)14-7-9-22-10-8-14/h3-10,12,16H,1-2,11H2,(H2,21,24). The Labute approximate surface area is 145 Å². The Balaban J connectivity index is 1.65. The first-order valence-corrected chi connectivity index (χ1v) is 8.27. The van der Waals surface area contributed by atoms with E-state index in [9.17, 15) is 4.39 Å². The van der Waals surface area contributed by atoms with Crippen LogP contribution in [-0.4, -0.2) is 21.5 Å². The van der Waals surface area contributed by atoms with Crippen LogP contribution in [-0.2, 0) is 0 Å². The summed E-state index contributed by atoms with van der Waals surface area (Å²) in [4.78, 5) is 15.3. The van der Waals surface area contributed by atoms with E-state index in [4.69, 9.17) is 5.73 Å². The Hall–Kier alpha value is -3.02. The molecule has 1 atom stereocenters. The predicted molar refractivity (Wildman–Crippen MR) is 95.4 cm³/mol. The number of nitrogens with two attached hydrogens (primary N) is 1. The summed E-state index contributed by atoms with van der Waals surface area (Å²) in [6.45, 7) is 0.880. The van der Waals surface area contributed by atoms with E-state index in [2.05, 4.69) is 19.9 Å². The molecule has 0 radical (unpaired) electrons. The molecule has 1 fully saturated rings. The summed E-state index contributed by atoms with van der Waals surface area (Å²) in [5, 5.41) is 0. The van der Waals surface area contributed by atoms with E-state index in [1.165, 1.54) is 12.1 Å². The maximum absolute atomic E-state index is 13.2. The van der Waals surface area contributed by atoms with Gasteiger partial charge in [0.2, 0.25) is 0 Å². The van der Waals surface area contributed by atoms with Gasteiger partial charge in [-0.2, -0.15) is 0 Å². The van der Waals surface area contributed by atoms with Crippen molar-refractivity contribution in [1.29, 1.82) is 0 Å². The third-order valence-corrected chi connectivity index (χ3v) is 4.54. The van der Waals surface area contributed by atoms with E-state index in [-0.39, 0.29) is 11.9 Å². The molecule has 3 heterocycles. The molecule has 0 spiro atoms. The second-order valence-electron chi connectivity index (χ2n) is 6.10. The number of rotatable bonds is 3. The molecule has 0 bridgehead atoms. The third-order valence-electron chi connectivity index (χ3n) is 4.54. The molecule has 0 saturated carbocycles. The van der Waals surface area contributed by atoms with Crippen LogP contribution in [0.15, 0.2) is 55.0 Å². The molecule has 1 aliphatic rings. The molecule has 1 aliphatic heterocycles. The molecule has 3 aromatic rings. The van der Waals surface area contributed by atoms with Crippen LogP contribution in [0.4, 0.5) is 16.0 Å². The molecule has 4 rings (SSSR count). The maximum atomic E-state index is 13.2. The van der Waals surface area contributed by atoms with Gasteiger partial charge in [-0.15, -0.1) is 0 Å². The third kappa shape index (κ3) is 3.03. The summed E-state index contributed by atoms with van der Waals surface area (Å²) < 4.78 is 13.2. The van der Waals surface area contributed by atoms with Crippen molar-refractivity contribution < 1.29 is 4.39 Å². The van der Waals surface area contributed by atoms with Crippen LogP contribution < -0.4 is 10.6 Å². The van der Waals surface area contributed by atoms with Crippen molar-refractivity contribution in [3.8, 4) is 11.3 Å². The molecule has 1 aromatic carbocycles. The lowest BCUT2D eigenvalue weighted by atomic mass is 10.0. The van der Waals surface area contributed by atoms with E-state index in [0.29, 0.717) is 11.5 Å². The van der Waals surface area contributed by atoms with E-state index < -0.39 is 0 Å². The molecular weight excluding hydrogens is 317 g/mol. The van der Waals surface area contributed by atoms with E-state index in [1.807, 2.05) is 24.3 Å². The topological polar surface area (TPSA) is 67.9 Å². The lowest BCUT2D eigenvalue weighted by molar-refractivity contribution is 0.624. The van der Waals surface area contributed by atoms with Crippen LogP contribution in [0.2, 0.25) is 0 Å². The first kappa shape index (κ1) is 15.5. The lowest BCUT2D eigenvalue weighted by Crippen LogP contribution is -2.24. The molecule has 0 amide bonds. The van der Waals surface area contributed by atoms with Crippen molar-refractivity contribution in [3.05, 3.63) is 66.4 Å². The van der Waals surface area contributed by atoms with Gasteiger partial charge in [0, 0.05) is 24.5 Å². The SMILES string of the molecule is Nc1nc(N2CCCC2c2ccc(F)cc2)cnc1-c1ccncc1. The average Bonchev–Trinajstić information content (AvgIpc) is 3.13. The van der Waals surface area contributed by atoms with Crippen molar-refractivity contribution in [2.75, 3.05) is 17.2 Å². The van der Waals surface area contributed by atoms with E-state index in [0.717, 1.165) is 36.3 Å². The molecule has 0 aliphatic carbocycles. The molecule has 2 aromatic heterocycles. The summed E-state index contributed by atoms with van der Waals surface area (Å²) in [6.07, 6.45) is 7.22. The first-order chi connectivity index (χ1) is 12.2. The number of hydrogen-bond acceptors (Lipinski definition) is 5. The van der Waals surface area contributed by atoms with Gasteiger partial charge in [-0.3, -0.25) is 4.98 Å². The predicted octanol–water partition coefficient (Wildman–Crippen LogP) is 3.60. The normalized spacial score (nSPS) is 17.0. The molecule has 1 unspecified atom stereocenters. The quantitative estimate of drug-likeness (QED) is 0.792. The van der Waals surface area contributed by atoms with Gasteiger partial charge in [-0.25, -0.2) is 14.4 Å². The van der Waals surface area contributed by atoms with Gasteiger partial charge in [-0.1, -0.05) is 12.1 Å². The number of anilines is 2. The van der Waals surface area contributed by atoms with Crippen molar-refractivity contribution in [2.24, 2.45) is 0 Å². The minimum atomic E-state index is -0.223. The zero-order valence-corrected chi connectivity index (χ0v) is 13.6. The summed E-state index contributed by atoms with van der Waals surface area (Å²) in [7, 11) is 0. The number of nitrogen functional groups attached to an aromatic ring is 1. The zero-order chi connectivity index (χ0) is 17.2. The summed E-state index contributed by atoms with van der Waals surface area (Å²) in [5.41, 5.74) is 8.78. The van der Waals surface area contributed by atoms with Crippen molar-refractivity contribution in [3.63, 3.8) is 0 Å². The Morgan fingerprint density at radius 3 is 2.56 bits per heavy atom. The van der Waals surface area contributed by atoms with Crippen molar-refractivity contribution in [2.45, 2.75) is 18.9 Å². The van der Waals surface area contributed by atoms with Gasteiger partial charge in [-0.05, 0) is 42.7 Å². The Bertz CT molecular complexity index is 867. The van der Waals surface area contributed by atoms with Crippen LogP contribution in [0.1, 0.15) is 24.4 Å². The van der Waals surface area contributed by atoms with Gasteiger partial charge in [0.05, 0.1) is 12.2 Å². The lowest BCUT2D eigenvalue weighted by Gasteiger charge is -2.26. The highest BCUT2D eigenvalue weighted by Gasteiger charge is 2.27. The van der Waals surface area contributed by atoms with Crippen LogP contribution in [0.5, 0.6) is 0 Å². The fourth-order valence-electron chi connectivity index (χ4n) is 3.34. The van der Waals surface area contributed by atoms with Crippen LogP contribution >= 0.6 is 0 Å². The molecule has 126 valence electrons. The highest BCUT2D eigenvalue weighted by Crippen LogP contribution is 2.36. The Kier molecular flexibility index (Phi) is 4.01. The summed E-state index contributed by atoms with van der Waals surface area (Å²) in [5.74, 6) is 0.926. The maximum Gasteiger partial charge on any atom is 0.152 e. The largest absolute Gasteiger partial charge is 0.382 e. The molecule has 1 saturated heterocycles. The minimum Gasteiger partial charge on any atom is -0.382 e. The zero-order valence-electron chi connectivity index (χ0n) is 13.6. The Morgan fingerprint density at radius 2 is 1.84 bits per heavy atom. The number of pyridine rings is 1. The smallest absolute Gasteiger partial charge is 0.152 e. The highest BCUT2D eigenvalue weighted by molar-refractivity contribution is 5.70. The fraction of sp³-hybridized carbons (Fsp3) is 0.211. The Morgan fingerprint density at radius 1 is 1.08 bits per heavy atom. The van der Waals surface area contributed by atoms with Crippen molar-refractivity contribution >= 4 is 11.6 Å². The second kappa shape index (κ2) is 6.47. The molecule has 2 N–H and O–H groups in total. The average molecular weight is 335 g/mol. The molecule has 25 heavy (non-hydrogen) atoms. The van der Waals surface area contributed by atoms with Crippen LogP contribution in [0, 0.1) is 5.82 Å². The number of hydrogen-bond donors (Lipinski definition) is 1. The number of nitrogens with zero attached hydrogens (tertiary/aromatic N) is 4. The van der Waals surface area contributed by atoms with Gasteiger partial charge in [0.15, 0.2) is 5.82 Å². The van der Waals surface area contributed by atoms with E-state index in [1.54, 1.807) is 18.6 Å². The first-order valence-electron chi connectivity index (χ1n) is 8.27. The van der Waals surface area contributed by atoms with Crippen molar-refractivity contribution in [1.82, 2.24) is 15.0 Å². The van der Waals surface area contributed by atoms with Crippen LogP contribution in [0.3, 0.4) is 0 Å². The monoisotopic (exact) mass is 335 g/mol. The highest BCUT2D eigenvalue weighted by atomic mass is 19.1. The van der Waals surface area contributed by atoms with Gasteiger partial charge >= 0.3 is 0 Å². The fourth-order valence-corrected chi connectivity index (χ4v) is 3.34. The molecular formula is C19H18FN5. The van der Waals surface area contributed by atoms with E-state index >= 15 is 0 Å². The number of aromatic nitrogens is 3. The second-order valence-corrected chi connectivity index (χ2v) is 6.10. The van der Waals surface area contributed by atoms with Gasteiger partial charge in [0.1, 0.15) is 17.3 Å². The molecule has 5 nitrogen and oxygen atoms in total. The van der Waals surface area contributed by atoms with Gasteiger partial charge < -0.3 is 10.6 Å². The van der Waals surface area contributed by atoms with Gasteiger partial charge in [0.25, 0.3) is 0 Å². The molecule has 6 heteroatoms. The number of benzene rings is 1. The van der Waals surface area contributed by atoms with Crippen LogP contribution in [0.25, 0.3) is 11.3 Å². The summed E-state index contributed by atoms with van der Waals surface area (Å²) >= 11 is 0.